The first-order valence-electron chi connectivity index (χ1n) is 6.38. The molecule has 1 aliphatic rings. The fraction of sp³-hybridized carbons (Fsp3) is 0.538. The Labute approximate surface area is 112 Å². The molecule has 1 fully saturated rings. The van der Waals surface area contributed by atoms with Gasteiger partial charge in [-0.1, -0.05) is 0 Å². The van der Waals surface area contributed by atoms with Crippen molar-refractivity contribution in [3.8, 4) is 0 Å². The van der Waals surface area contributed by atoms with E-state index >= 15 is 0 Å². The summed E-state index contributed by atoms with van der Waals surface area (Å²) in [7, 11) is 1.68. The van der Waals surface area contributed by atoms with E-state index in [1.807, 2.05) is 0 Å². The fourth-order valence-corrected chi connectivity index (χ4v) is 2.05. The summed E-state index contributed by atoms with van der Waals surface area (Å²) in [5.74, 6) is 0.573. The summed E-state index contributed by atoms with van der Waals surface area (Å²) >= 11 is 0. The van der Waals surface area contributed by atoms with Crippen LogP contribution in [0.2, 0.25) is 0 Å². The van der Waals surface area contributed by atoms with Crippen molar-refractivity contribution < 1.29 is 14.6 Å². The van der Waals surface area contributed by atoms with Gasteiger partial charge in [-0.15, -0.1) is 0 Å². The van der Waals surface area contributed by atoms with E-state index in [0.29, 0.717) is 31.1 Å². The van der Waals surface area contributed by atoms with Crippen LogP contribution in [0.15, 0.2) is 18.3 Å². The Kier molecular flexibility index (Phi) is 4.70. The minimum Gasteiger partial charge on any atom is -0.395 e. The first-order chi connectivity index (χ1) is 9.24. The highest BCUT2D eigenvalue weighted by Gasteiger charge is 2.21. The monoisotopic (exact) mass is 265 g/mol. The van der Waals surface area contributed by atoms with E-state index in [1.165, 1.54) is 4.90 Å². The molecule has 0 atom stereocenters. The molecule has 0 aromatic carbocycles. The van der Waals surface area contributed by atoms with Crippen LogP contribution in [-0.2, 0) is 4.74 Å². The van der Waals surface area contributed by atoms with Crippen molar-refractivity contribution in [1.29, 1.82) is 0 Å². The number of aliphatic hydroxyl groups excluding tert-OH is 1. The summed E-state index contributed by atoms with van der Waals surface area (Å²) in [6, 6.07) is 3.53. The lowest BCUT2D eigenvalue weighted by Gasteiger charge is -2.29. The molecule has 1 aromatic rings. The molecule has 104 valence electrons. The first-order valence-corrected chi connectivity index (χ1v) is 6.38. The Bertz CT molecular complexity index is 433. The van der Waals surface area contributed by atoms with Gasteiger partial charge >= 0.3 is 0 Å². The van der Waals surface area contributed by atoms with Crippen LogP contribution in [0.1, 0.15) is 10.4 Å². The molecule has 0 spiro atoms. The van der Waals surface area contributed by atoms with Crippen molar-refractivity contribution in [2.75, 3.05) is 51.4 Å². The SMILES string of the molecule is CN(CCO)C(=O)c1cccnc1N1CCOCC1. The van der Waals surface area contributed by atoms with Crippen LogP contribution in [0.4, 0.5) is 5.82 Å². The van der Waals surface area contributed by atoms with Gasteiger partial charge in [-0.25, -0.2) is 4.98 Å². The predicted molar refractivity (Wildman–Crippen MR) is 71.3 cm³/mol. The van der Waals surface area contributed by atoms with Gasteiger partial charge in [0, 0.05) is 32.9 Å². The minimum absolute atomic E-state index is 0.0462. The van der Waals surface area contributed by atoms with Gasteiger partial charge in [0.2, 0.25) is 0 Å². The Morgan fingerprint density at radius 1 is 1.53 bits per heavy atom. The fourth-order valence-electron chi connectivity index (χ4n) is 2.05. The molecule has 0 unspecified atom stereocenters. The number of hydrogen-bond donors (Lipinski definition) is 1. The third kappa shape index (κ3) is 3.21. The molecule has 6 nitrogen and oxygen atoms in total. The maximum Gasteiger partial charge on any atom is 0.257 e. The standard InChI is InChI=1S/C13H19N3O3/c1-15(5-8-17)13(18)11-3-2-4-14-12(11)16-6-9-19-10-7-16/h2-4,17H,5-10H2,1H3. The number of likely N-dealkylation sites (N-methyl/N-ethyl adjacent to an activating group) is 1. The van der Waals surface area contributed by atoms with Crippen LogP contribution >= 0.6 is 0 Å². The van der Waals surface area contributed by atoms with Crippen molar-refractivity contribution in [2.45, 2.75) is 0 Å². The third-order valence-corrected chi connectivity index (χ3v) is 3.11. The average Bonchev–Trinajstić information content (AvgIpc) is 2.47. The van der Waals surface area contributed by atoms with E-state index in [-0.39, 0.29) is 12.5 Å². The Hall–Kier alpha value is -1.66. The molecule has 1 aliphatic heterocycles. The molecule has 1 saturated heterocycles. The number of ether oxygens (including phenoxy) is 1. The maximum absolute atomic E-state index is 12.3. The van der Waals surface area contributed by atoms with Crippen molar-refractivity contribution >= 4 is 11.7 Å². The molecule has 6 heteroatoms. The van der Waals surface area contributed by atoms with Crippen LogP contribution in [0.5, 0.6) is 0 Å². The molecule has 1 N–H and O–H groups in total. The second-order valence-corrected chi connectivity index (χ2v) is 4.42. The second kappa shape index (κ2) is 6.49. The Balaban J connectivity index is 2.22. The number of pyridine rings is 1. The molecule has 2 heterocycles. The van der Waals surface area contributed by atoms with Gasteiger partial charge < -0.3 is 19.6 Å². The topological polar surface area (TPSA) is 65.9 Å². The van der Waals surface area contributed by atoms with Crippen molar-refractivity contribution in [3.63, 3.8) is 0 Å². The van der Waals surface area contributed by atoms with Crippen LogP contribution in [-0.4, -0.2) is 67.4 Å². The molecule has 0 saturated carbocycles. The van der Waals surface area contributed by atoms with Gasteiger partial charge in [-0.05, 0) is 12.1 Å². The summed E-state index contributed by atoms with van der Waals surface area (Å²) in [5, 5.41) is 8.91. The largest absolute Gasteiger partial charge is 0.395 e. The van der Waals surface area contributed by atoms with E-state index < -0.39 is 0 Å². The zero-order valence-corrected chi connectivity index (χ0v) is 11.1. The molecule has 19 heavy (non-hydrogen) atoms. The highest BCUT2D eigenvalue weighted by atomic mass is 16.5. The van der Waals surface area contributed by atoms with Crippen molar-refractivity contribution in [1.82, 2.24) is 9.88 Å². The van der Waals surface area contributed by atoms with E-state index in [9.17, 15) is 4.79 Å². The first kappa shape index (κ1) is 13.8. The van der Waals surface area contributed by atoms with Crippen LogP contribution < -0.4 is 4.90 Å². The summed E-state index contributed by atoms with van der Waals surface area (Å²) in [5.41, 5.74) is 0.570. The van der Waals surface area contributed by atoms with Crippen LogP contribution in [0.3, 0.4) is 0 Å². The van der Waals surface area contributed by atoms with Crippen LogP contribution in [0, 0.1) is 0 Å². The summed E-state index contributed by atoms with van der Waals surface area (Å²) < 4.78 is 5.31. The molecule has 1 aromatic heterocycles. The average molecular weight is 265 g/mol. The number of hydrogen-bond acceptors (Lipinski definition) is 5. The third-order valence-electron chi connectivity index (χ3n) is 3.11. The highest BCUT2D eigenvalue weighted by Crippen LogP contribution is 2.19. The summed E-state index contributed by atoms with van der Waals surface area (Å²) in [4.78, 5) is 20.2. The van der Waals surface area contributed by atoms with Gasteiger partial charge in [-0.2, -0.15) is 0 Å². The van der Waals surface area contributed by atoms with E-state index in [2.05, 4.69) is 9.88 Å². The molecule has 0 radical (unpaired) electrons. The molecular formula is C13H19N3O3. The maximum atomic E-state index is 12.3. The minimum atomic E-state index is -0.122. The smallest absolute Gasteiger partial charge is 0.257 e. The Morgan fingerprint density at radius 3 is 2.95 bits per heavy atom. The number of amides is 1. The number of anilines is 1. The van der Waals surface area contributed by atoms with E-state index in [4.69, 9.17) is 9.84 Å². The quantitative estimate of drug-likeness (QED) is 0.829. The number of morpholine rings is 1. The van der Waals surface area contributed by atoms with E-state index in [0.717, 1.165) is 13.1 Å². The van der Waals surface area contributed by atoms with Gasteiger partial charge in [0.15, 0.2) is 0 Å². The lowest BCUT2D eigenvalue weighted by molar-refractivity contribution is 0.0766. The van der Waals surface area contributed by atoms with Gasteiger partial charge in [0.05, 0.1) is 25.4 Å². The lowest BCUT2D eigenvalue weighted by Crippen LogP contribution is -2.39. The number of aliphatic hydroxyl groups is 1. The zero-order valence-electron chi connectivity index (χ0n) is 11.1. The predicted octanol–water partition coefficient (Wildman–Crippen LogP) is -0.0175. The molecule has 0 aliphatic carbocycles. The molecule has 0 bridgehead atoms. The summed E-state index contributed by atoms with van der Waals surface area (Å²) in [6.45, 7) is 3.04. The van der Waals surface area contributed by atoms with Gasteiger partial charge in [-0.3, -0.25) is 4.79 Å². The van der Waals surface area contributed by atoms with Gasteiger partial charge in [0.1, 0.15) is 5.82 Å². The van der Waals surface area contributed by atoms with Crippen molar-refractivity contribution in [3.05, 3.63) is 23.9 Å². The number of carbonyl (C=O) groups is 1. The van der Waals surface area contributed by atoms with Gasteiger partial charge in [0.25, 0.3) is 5.91 Å². The molecule has 2 rings (SSSR count). The zero-order chi connectivity index (χ0) is 13.7. The van der Waals surface area contributed by atoms with Crippen molar-refractivity contribution in [2.24, 2.45) is 0 Å². The number of aromatic nitrogens is 1. The van der Waals surface area contributed by atoms with Crippen LogP contribution in [0.25, 0.3) is 0 Å². The lowest BCUT2D eigenvalue weighted by atomic mass is 10.2. The molecule has 1 amide bonds. The summed E-state index contributed by atoms with van der Waals surface area (Å²) in [6.07, 6.45) is 1.69. The highest BCUT2D eigenvalue weighted by molar-refractivity contribution is 5.98. The second-order valence-electron chi connectivity index (χ2n) is 4.42. The number of nitrogens with zero attached hydrogens (tertiary/aromatic N) is 3. The number of carbonyl (C=O) groups excluding carboxylic acids is 1. The number of rotatable bonds is 4. The van der Waals surface area contributed by atoms with E-state index in [1.54, 1.807) is 25.4 Å². The normalized spacial score (nSPS) is 15.4. The molecular weight excluding hydrogens is 246 g/mol. The Morgan fingerprint density at radius 2 is 2.26 bits per heavy atom.